The maximum Gasteiger partial charge on any atom is 0.0923 e. The molecule has 0 radical (unpaired) electrons. The molecule has 4 heteroatoms. The van der Waals surface area contributed by atoms with Gasteiger partial charge in [-0.2, -0.15) is 5.10 Å². The van der Waals surface area contributed by atoms with Gasteiger partial charge in [0.2, 0.25) is 0 Å². The van der Waals surface area contributed by atoms with Crippen molar-refractivity contribution >= 4 is 22.6 Å². The number of nitrogens with zero attached hydrogens (tertiary/aromatic N) is 1. The molecular formula is C12H14IN3. The lowest BCUT2D eigenvalue weighted by Crippen LogP contribution is -2.17. The van der Waals surface area contributed by atoms with Gasteiger partial charge in [0.1, 0.15) is 0 Å². The zero-order valence-corrected chi connectivity index (χ0v) is 11.2. The zero-order chi connectivity index (χ0) is 11.5. The van der Waals surface area contributed by atoms with E-state index in [1.54, 1.807) is 0 Å². The highest BCUT2D eigenvalue weighted by atomic mass is 127. The third-order valence-corrected chi connectivity index (χ3v) is 3.03. The Morgan fingerprint density at radius 3 is 2.69 bits per heavy atom. The van der Waals surface area contributed by atoms with E-state index in [9.17, 15) is 0 Å². The summed E-state index contributed by atoms with van der Waals surface area (Å²) in [4.78, 5) is 0. The quantitative estimate of drug-likeness (QED) is 0.852. The maximum atomic E-state index is 5.74. The first-order chi connectivity index (χ1) is 7.65. The van der Waals surface area contributed by atoms with Crippen molar-refractivity contribution in [2.75, 3.05) is 0 Å². The predicted octanol–water partition coefficient (Wildman–Crippen LogP) is 2.57. The van der Waals surface area contributed by atoms with E-state index < -0.39 is 0 Å². The Hall–Kier alpha value is -0.880. The van der Waals surface area contributed by atoms with Crippen molar-refractivity contribution in [3.8, 4) is 11.3 Å². The summed E-state index contributed by atoms with van der Waals surface area (Å²) in [5, 5.41) is 7.30. The standard InChI is InChI=1S/C12H14IN3/c1-8(14)6-11-7-12(16-15-11)9-2-4-10(13)5-3-9/h2-5,7-8H,6,14H2,1H3,(H,15,16). The molecule has 16 heavy (non-hydrogen) atoms. The molecule has 0 spiro atoms. The summed E-state index contributed by atoms with van der Waals surface area (Å²) in [6, 6.07) is 10.5. The summed E-state index contributed by atoms with van der Waals surface area (Å²) in [6.07, 6.45) is 0.831. The molecule has 1 unspecified atom stereocenters. The van der Waals surface area contributed by atoms with Crippen LogP contribution in [0, 0.1) is 3.57 Å². The Labute approximate surface area is 109 Å². The second kappa shape index (κ2) is 4.97. The van der Waals surface area contributed by atoms with Crippen LogP contribution in [0.3, 0.4) is 0 Å². The fraction of sp³-hybridized carbons (Fsp3) is 0.250. The molecule has 3 nitrogen and oxygen atoms in total. The van der Waals surface area contributed by atoms with E-state index in [2.05, 4.69) is 63.1 Å². The summed E-state index contributed by atoms with van der Waals surface area (Å²) in [5.74, 6) is 0. The summed E-state index contributed by atoms with van der Waals surface area (Å²) in [5.41, 5.74) is 8.94. The van der Waals surface area contributed by atoms with Gasteiger partial charge in [-0.05, 0) is 47.7 Å². The van der Waals surface area contributed by atoms with Crippen LogP contribution in [-0.4, -0.2) is 16.2 Å². The number of rotatable bonds is 3. The summed E-state index contributed by atoms with van der Waals surface area (Å²) >= 11 is 2.29. The number of hydrogen-bond donors (Lipinski definition) is 2. The Bertz CT molecular complexity index is 459. The van der Waals surface area contributed by atoms with Crippen LogP contribution in [0.5, 0.6) is 0 Å². The SMILES string of the molecule is CC(N)Cc1cc(-c2ccc(I)cc2)n[nH]1. The molecule has 1 aromatic carbocycles. The minimum atomic E-state index is 0.157. The number of hydrogen-bond acceptors (Lipinski definition) is 2. The lowest BCUT2D eigenvalue weighted by Gasteiger charge is -1.99. The van der Waals surface area contributed by atoms with E-state index in [4.69, 9.17) is 5.73 Å². The largest absolute Gasteiger partial charge is 0.328 e. The maximum absolute atomic E-state index is 5.74. The van der Waals surface area contributed by atoms with Gasteiger partial charge in [0.15, 0.2) is 0 Å². The van der Waals surface area contributed by atoms with E-state index in [0.717, 1.165) is 23.4 Å². The third kappa shape index (κ3) is 2.82. The van der Waals surface area contributed by atoms with Crippen LogP contribution in [0.2, 0.25) is 0 Å². The molecule has 2 rings (SSSR count). The van der Waals surface area contributed by atoms with Gasteiger partial charge in [0.05, 0.1) is 5.69 Å². The van der Waals surface area contributed by atoms with Crippen molar-refractivity contribution in [1.29, 1.82) is 0 Å². The molecule has 0 aliphatic carbocycles. The van der Waals surface area contributed by atoms with E-state index in [0.29, 0.717) is 0 Å². The minimum absolute atomic E-state index is 0.157. The van der Waals surface area contributed by atoms with E-state index in [-0.39, 0.29) is 6.04 Å². The zero-order valence-electron chi connectivity index (χ0n) is 9.07. The average molecular weight is 327 g/mol. The molecule has 0 saturated heterocycles. The van der Waals surface area contributed by atoms with Crippen LogP contribution >= 0.6 is 22.6 Å². The highest BCUT2D eigenvalue weighted by Crippen LogP contribution is 2.19. The van der Waals surface area contributed by atoms with E-state index in [1.165, 1.54) is 3.57 Å². The number of nitrogens with two attached hydrogens (primary N) is 1. The summed E-state index contributed by atoms with van der Waals surface area (Å²) in [6.45, 7) is 1.99. The van der Waals surface area contributed by atoms with Gasteiger partial charge in [-0.15, -0.1) is 0 Å². The van der Waals surface area contributed by atoms with Crippen LogP contribution in [-0.2, 0) is 6.42 Å². The van der Waals surface area contributed by atoms with Crippen molar-refractivity contribution in [3.05, 3.63) is 39.6 Å². The molecule has 3 N–H and O–H groups in total. The Kier molecular flexibility index (Phi) is 3.60. The number of benzene rings is 1. The van der Waals surface area contributed by atoms with E-state index >= 15 is 0 Å². The number of aromatic nitrogens is 2. The molecule has 0 fully saturated rings. The van der Waals surface area contributed by atoms with Crippen molar-refractivity contribution in [2.45, 2.75) is 19.4 Å². The van der Waals surface area contributed by atoms with Crippen LogP contribution < -0.4 is 5.73 Å². The fourth-order valence-electron chi connectivity index (χ4n) is 1.58. The van der Waals surface area contributed by atoms with Gasteiger partial charge in [0.25, 0.3) is 0 Å². The first kappa shape index (κ1) is 11.6. The Balaban J connectivity index is 2.21. The lowest BCUT2D eigenvalue weighted by molar-refractivity contribution is 0.719. The molecule has 0 bridgehead atoms. The van der Waals surface area contributed by atoms with Gasteiger partial charge in [-0.3, -0.25) is 5.10 Å². The molecule has 0 aliphatic rings. The Morgan fingerprint density at radius 1 is 1.38 bits per heavy atom. The van der Waals surface area contributed by atoms with Gasteiger partial charge in [0, 0.05) is 27.3 Å². The first-order valence-corrected chi connectivity index (χ1v) is 6.29. The fourth-order valence-corrected chi connectivity index (χ4v) is 1.94. The second-order valence-electron chi connectivity index (χ2n) is 3.97. The molecule has 0 saturated carbocycles. The molecule has 0 aliphatic heterocycles. The highest BCUT2D eigenvalue weighted by Gasteiger charge is 2.05. The molecule has 1 atom stereocenters. The molecule has 1 aromatic heterocycles. The van der Waals surface area contributed by atoms with Crippen LogP contribution in [0.25, 0.3) is 11.3 Å². The number of aromatic amines is 1. The number of H-pyrrole nitrogens is 1. The van der Waals surface area contributed by atoms with Crippen molar-refractivity contribution in [3.63, 3.8) is 0 Å². The van der Waals surface area contributed by atoms with Crippen LogP contribution in [0.1, 0.15) is 12.6 Å². The van der Waals surface area contributed by atoms with E-state index in [1.807, 2.05) is 6.92 Å². The van der Waals surface area contributed by atoms with Crippen LogP contribution in [0.4, 0.5) is 0 Å². The minimum Gasteiger partial charge on any atom is -0.328 e. The molecule has 2 aromatic rings. The van der Waals surface area contributed by atoms with Crippen LogP contribution in [0.15, 0.2) is 30.3 Å². The molecule has 1 heterocycles. The summed E-state index contributed by atoms with van der Waals surface area (Å²) < 4.78 is 1.23. The molecular weight excluding hydrogens is 313 g/mol. The van der Waals surface area contributed by atoms with Crippen molar-refractivity contribution in [2.24, 2.45) is 5.73 Å². The topological polar surface area (TPSA) is 54.7 Å². The first-order valence-electron chi connectivity index (χ1n) is 5.21. The van der Waals surface area contributed by atoms with Crippen molar-refractivity contribution < 1.29 is 0 Å². The van der Waals surface area contributed by atoms with Gasteiger partial charge >= 0.3 is 0 Å². The number of halogens is 1. The van der Waals surface area contributed by atoms with Crippen molar-refractivity contribution in [1.82, 2.24) is 10.2 Å². The predicted molar refractivity (Wildman–Crippen MR) is 74.1 cm³/mol. The third-order valence-electron chi connectivity index (χ3n) is 2.31. The molecule has 0 amide bonds. The molecule has 84 valence electrons. The van der Waals surface area contributed by atoms with Gasteiger partial charge < -0.3 is 5.73 Å². The lowest BCUT2D eigenvalue weighted by atomic mass is 10.1. The number of nitrogens with one attached hydrogen (secondary N) is 1. The summed E-state index contributed by atoms with van der Waals surface area (Å²) in [7, 11) is 0. The average Bonchev–Trinajstić information content (AvgIpc) is 2.66. The Morgan fingerprint density at radius 2 is 2.06 bits per heavy atom. The smallest absolute Gasteiger partial charge is 0.0923 e. The monoisotopic (exact) mass is 327 g/mol. The second-order valence-corrected chi connectivity index (χ2v) is 5.21. The highest BCUT2D eigenvalue weighted by molar-refractivity contribution is 14.1. The van der Waals surface area contributed by atoms with Gasteiger partial charge in [-0.25, -0.2) is 0 Å². The normalized spacial score (nSPS) is 12.7. The van der Waals surface area contributed by atoms with Gasteiger partial charge in [-0.1, -0.05) is 12.1 Å².